The van der Waals surface area contributed by atoms with Gasteiger partial charge in [-0.25, -0.2) is 9.31 Å². The van der Waals surface area contributed by atoms with Gasteiger partial charge in [-0.1, -0.05) is 0 Å². The van der Waals surface area contributed by atoms with Crippen molar-refractivity contribution < 1.29 is 19.1 Å². The number of fused-ring (bicyclic) bond motifs is 1. The van der Waals surface area contributed by atoms with Gasteiger partial charge in [0.1, 0.15) is 11.3 Å². The van der Waals surface area contributed by atoms with E-state index in [1.54, 1.807) is 34.8 Å². The Morgan fingerprint density at radius 2 is 1.83 bits per heavy atom. The molecule has 2 amide bonds. The van der Waals surface area contributed by atoms with E-state index >= 15 is 0 Å². The molecule has 0 aliphatic carbocycles. The van der Waals surface area contributed by atoms with Gasteiger partial charge in [-0.05, 0) is 57.0 Å². The summed E-state index contributed by atoms with van der Waals surface area (Å²) in [5.74, 6) is 0.667. The fraction of sp³-hybridized carbons (Fsp3) is 0.440. The molecule has 1 aromatic carbocycles. The van der Waals surface area contributed by atoms with Crippen LogP contribution in [0, 0.1) is 0 Å². The molecule has 10 heteroatoms. The predicted molar refractivity (Wildman–Crippen MR) is 130 cm³/mol. The Labute approximate surface area is 203 Å². The number of aryl methyl sites for hydroxylation is 1. The molecule has 1 N–H and O–H groups in total. The smallest absolute Gasteiger partial charge is 0.409 e. The summed E-state index contributed by atoms with van der Waals surface area (Å²) in [5, 5.41) is 7.52. The molecule has 0 unspecified atom stereocenters. The number of ether oxygens (including phenoxy) is 2. The molecule has 3 aromatic rings. The molecule has 1 aliphatic heterocycles. The summed E-state index contributed by atoms with van der Waals surface area (Å²) in [4.78, 5) is 38.9. The Kier molecular flexibility index (Phi) is 7.69. The van der Waals surface area contributed by atoms with E-state index in [9.17, 15) is 14.4 Å². The van der Waals surface area contributed by atoms with Crippen LogP contribution in [-0.4, -0.2) is 63.4 Å². The highest BCUT2D eigenvalue weighted by Gasteiger charge is 2.24. The van der Waals surface area contributed by atoms with Crippen molar-refractivity contribution in [3.63, 3.8) is 0 Å². The molecular weight excluding hydrogens is 450 g/mol. The van der Waals surface area contributed by atoms with Crippen molar-refractivity contribution in [3.05, 3.63) is 53.1 Å². The van der Waals surface area contributed by atoms with Crippen LogP contribution >= 0.6 is 0 Å². The second-order valence-electron chi connectivity index (χ2n) is 8.39. The van der Waals surface area contributed by atoms with Gasteiger partial charge in [-0.3, -0.25) is 9.59 Å². The van der Waals surface area contributed by atoms with Gasteiger partial charge < -0.3 is 24.3 Å². The average Bonchev–Trinajstić information content (AvgIpc) is 3.30. The zero-order valence-corrected chi connectivity index (χ0v) is 20.1. The third-order valence-electron chi connectivity index (χ3n) is 6.03. The van der Waals surface area contributed by atoms with E-state index in [0.717, 1.165) is 11.3 Å². The molecule has 1 aliphatic rings. The monoisotopic (exact) mass is 481 g/mol. The van der Waals surface area contributed by atoms with Crippen LogP contribution in [0.25, 0.3) is 16.8 Å². The molecule has 0 atom stereocenters. The van der Waals surface area contributed by atoms with Crippen LogP contribution in [0.2, 0.25) is 0 Å². The Morgan fingerprint density at radius 1 is 1.09 bits per heavy atom. The predicted octanol–water partition coefficient (Wildman–Crippen LogP) is 2.69. The first-order chi connectivity index (χ1) is 17.0. The van der Waals surface area contributed by atoms with E-state index in [1.165, 1.54) is 4.57 Å². The van der Waals surface area contributed by atoms with Crippen molar-refractivity contribution in [2.75, 3.05) is 26.3 Å². The van der Waals surface area contributed by atoms with Crippen LogP contribution in [0.1, 0.15) is 33.1 Å². The Bertz CT molecular complexity index is 1230. The number of benzene rings is 1. The molecule has 0 spiro atoms. The molecule has 0 bridgehead atoms. The average molecular weight is 482 g/mol. The number of amides is 2. The minimum Gasteiger partial charge on any atom is -0.494 e. The van der Waals surface area contributed by atoms with Crippen molar-refractivity contribution in [3.8, 4) is 17.0 Å². The third-order valence-corrected chi connectivity index (χ3v) is 6.03. The quantitative estimate of drug-likeness (QED) is 0.530. The highest BCUT2D eigenvalue weighted by Crippen LogP contribution is 2.22. The first-order valence-corrected chi connectivity index (χ1v) is 12.0. The van der Waals surface area contributed by atoms with Gasteiger partial charge in [0.25, 0.3) is 5.56 Å². The number of piperidine rings is 1. The van der Waals surface area contributed by atoms with Gasteiger partial charge in [0.2, 0.25) is 5.91 Å². The maximum Gasteiger partial charge on any atom is 0.409 e. The van der Waals surface area contributed by atoms with Crippen LogP contribution in [0.5, 0.6) is 5.75 Å². The SMILES string of the molecule is CCOC(=O)N1CCC(NC(=O)CCn2ccn3nc(-c4ccc(OCC)cc4)cc3c2=O)CC1. The molecule has 0 saturated carbocycles. The lowest BCUT2D eigenvalue weighted by Crippen LogP contribution is -2.46. The lowest BCUT2D eigenvalue weighted by Gasteiger charge is -2.31. The maximum atomic E-state index is 13.0. The van der Waals surface area contributed by atoms with E-state index in [-0.39, 0.29) is 36.6 Å². The van der Waals surface area contributed by atoms with E-state index in [4.69, 9.17) is 9.47 Å². The summed E-state index contributed by atoms with van der Waals surface area (Å²) in [6, 6.07) is 9.34. The Balaban J connectivity index is 1.34. The summed E-state index contributed by atoms with van der Waals surface area (Å²) in [6.45, 7) is 6.04. The van der Waals surface area contributed by atoms with Crippen molar-refractivity contribution in [1.29, 1.82) is 0 Å². The lowest BCUT2D eigenvalue weighted by molar-refractivity contribution is -0.122. The van der Waals surface area contributed by atoms with Crippen LogP contribution in [0.3, 0.4) is 0 Å². The second-order valence-corrected chi connectivity index (χ2v) is 8.39. The number of hydrogen-bond acceptors (Lipinski definition) is 6. The zero-order valence-electron chi connectivity index (χ0n) is 20.1. The lowest BCUT2D eigenvalue weighted by atomic mass is 10.1. The van der Waals surface area contributed by atoms with Crippen molar-refractivity contribution in [2.24, 2.45) is 0 Å². The fourth-order valence-electron chi connectivity index (χ4n) is 4.17. The molecule has 2 aromatic heterocycles. The largest absolute Gasteiger partial charge is 0.494 e. The molecule has 3 heterocycles. The summed E-state index contributed by atoms with van der Waals surface area (Å²) in [5.41, 5.74) is 1.82. The normalized spacial score (nSPS) is 14.2. The number of hydrogen-bond donors (Lipinski definition) is 1. The van der Waals surface area contributed by atoms with Gasteiger partial charge in [0.05, 0.1) is 18.9 Å². The highest BCUT2D eigenvalue weighted by atomic mass is 16.6. The molecule has 1 saturated heterocycles. The Hall–Kier alpha value is -3.82. The number of carbonyl (C=O) groups excluding carboxylic acids is 2. The molecular formula is C25H31N5O5. The third kappa shape index (κ3) is 5.82. The number of rotatable bonds is 8. The van der Waals surface area contributed by atoms with Crippen LogP contribution in [0.15, 0.2) is 47.5 Å². The van der Waals surface area contributed by atoms with Gasteiger partial charge in [0, 0.05) is 50.1 Å². The first kappa shape index (κ1) is 24.3. The molecule has 0 radical (unpaired) electrons. The first-order valence-electron chi connectivity index (χ1n) is 12.0. The second kappa shape index (κ2) is 11.1. The summed E-state index contributed by atoms with van der Waals surface area (Å²) >= 11 is 0. The van der Waals surface area contributed by atoms with E-state index in [0.29, 0.717) is 50.4 Å². The van der Waals surface area contributed by atoms with E-state index in [2.05, 4.69) is 10.4 Å². The molecule has 10 nitrogen and oxygen atoms in total. The van der Waals surface area contributed by atoms with Gasteiger partial charge in [-0.2, -0.15) is 5.10 Å². The zero-order chi connectivity index (χ0) is 24.8. The number of likely N-dealkylation sites (tertiary alicyclic amines) is 1. The number of aromatic nitrogens is 3. The van der Waals surface area contributed by atoms with Gasteiger partial charge in [-0.15, -0.1) is 0 Å². The molecule has 186 valence electrons. The number of nitrogens with one attached hydrogen (secondary N) is 1. The topological polar surface area (TPSA) is 107 Å². The van der Waals surface area contributed by atoms with E-state index in [1.807, 2.05) is 31.2 Å². The number of nitrogens with zero attached hydrogens (tertiary/aromatic N) is 4. The van der Waals surface area contributed by atoms with Crippen LogP contribution in [-0.2, 0) is 16.1 Å². The molecule has 4 rings (SSSR count). The van der Waals surface area contributed by atoms with Crippen molar-refractivity contribution in [2.45, 2.75) is 45.7 Å². The summed E-state index contributed by atoms with van der Waals surface area (Å²) in [6.07, 6.45) is 4.61. The van der Waals surface area contributed by atoms with Gasteiger partial charge >= 0.3 is 6.09 Å². The highest BCUT2D eigenvalue weighted by molar-refractivity contribution is 5.76. The van der Waals surface area contributed by atoms with Crippen molar-refractivity contribution in [1.82, 2.24) is 24.4 Å². The fourth-order valence-corrected chi connectivity index (χ4v) is 4.17. The summed E-state index contributed by atoms with van der Waals surface area (Å²) in [7, 11) is 0. The summed E-state index contributed by atoms with van der Waals surface area (Å²) < 4.78 is 13.6. The van der Waals surface area contributed by atoms with E-state index < -0.39 is 0 Å². The molecule has 35 heavy (non-hydrogen) atoms. The Morgan fingerprint density at radius 3 is 2.51 bits per heavy atom. The van der Waals surface area contributed by atoms with Crippen molar-refractivity contribution >= 4 is 17.5 Å². The number of carbonyl (C=O) groups is 2. The minimum atomic E-state index is -0.308. The van der Waals surface area contributed by atoms with Gasteiger partial charge in [0.15, 0.2) is 0 Å². The molecule has 1 fully saturated rings. The van der Waals surface area contributed by atoms with Crippen LogP contribution < -0.4 is 15.6 Å². The maximum absolute atomic E-state index is 13.0. The minimum absolute atomic E-state index is 0.0129. The van der Waals surface area contributed by atoms with Crippen LogP contribution in [0.4, 0.5) is 4.79 Å². The standard InChI is InChI=1S/C25H31N5O5/c1-3-34-20-7-5-18(6-8-20)21-17-22-24(32)28(15-16-30(22)27-21)14-11-23(31)26-19-9-12-29(13-10-19)25(33)35-4-2/h5-8,15-17,19H,3-4,9-14H2,1-2H3,(H,26,31).